The van der Waals surface area contributed by atoms with Gasteiger partial charge in [-0.2, -0.15) is 0 Å². The fourth-order valence-corrected chi connectivity index (χ4v) is 2.22. The maximum atomic E-state index is 11.5. The van der Waals surface area contributed by atoms with E-state index >= 15 is 0 Å². The molecule has 1 fully saturated rings. The minimum Gasteiger partial charge on any atom is -0.346 e. The van der Waals surface area contributed by atoms with Crippen molar-refractivity contribution in [3.05, 3.63) is 11.0 Å². The van der Waals surface area contributed by atoms with Crippen LogP contribution in [0.4, 0.5) is 0 Å². The predicted octanol–water partition coefficient (Wildman–Crippen LogP) is 1.32. The smallest absolute Gasteiger partial charge is 0.253 e. The molecule has 0 aliphatic carbocycles. The average Bonchev–Trinajstić information content (AvgIpc) is 2.34. The number of thiocarbonyl (C=S) groups is 1. The highest BCUT2D eigenvalue weighted by atomic mass is 32.2. The van der Waals surface area contributed by atoms with E-state index in [4.69, 9.17) is 12.2 Å². The molecule has 0 spiro atoms. The third-order valence-corrected chi connectivity index (χ3v) is 3.57. The zero-order valence-electron chi connectivity index (χ0n) is 8.03. The highest BCUT2D eigenvalue weighted by molar-refractivity contribution is 8.26. The minimum atomic E-state index is 0.0373. The Morgan fingerprint density at radius 3 is 2.77 bits per heavy atom. The molecular weight excluding hydrogens is 201 g/mol. The number of rotatable bonds is 2. The number of thioether (sulfide) groups is 1. The van der Waals surface area contributed by atoms with Crippen LogP contribution in [0.2, 0.25) is 0 Å². The van der Waals surface area contributed by atoms with Crippen LogP contribution in [0.5, 0.6) is 0 Å². The van der Waals surface area contributed by atoms with Gasteiger partial charge in [0.1, 0.15) is 4.32 Å². The summed E-state index contributed by atoms with van der Waals surface area (Å²) < 4.78 is 0.652. The molecule has 1 saturated heterocycles. The summed E-state index contributed by atoms with van der Waals surface area (Å²) in [6, 6.07) is 0. The van der Waals surface area contributed by atoms with Crippen molar-refractivity contribution in [2.75, 3.05) is 0 Å². The Balaban J connectivity index is 2.79. The molecule has 5 heteroatoms. The maximum absolute atomic E-state index is 11.5. The maximum Gasteiger partial charge on any atom is 0.253 e. The monoisotopic (exact) mass is 213 g/mol. The molecule has 0 aromatic heterocycles. The number of hydrogen-bond acceptors (Lipinski definition) is 3. The number of hydrogen-bond donors (Lipinski definition) is 0. The molecule has 1 rings (SSSR count). The first kappa shape index (κ1) is 10.8. The second-order valence-corrected chi connectivity index (χ2v) is 4.82. The van der Waals surface area contributed by atoms with Crippen LogP contribution < -0.4 is 0 Å². The lowest BCUT2D eigenvalue weighted by Gasteiger charge is -2.04. The molecular formula is C8H12BNOS2. The third kappa shape index (κ3) is 2.34. The van der Waals surface area contributed by atoms with Crippen molar-refractivity contribution in [3.63, 3.8) is 0 Å². The van der Waals surface area contributed by atoms with Crippen LogP contribution in [-0.2, 0) is 4.79 Å². The molecule has 0 aromatic rings. The summed E-state index contributed by atoms with van der Waals surface area (Å²) in [5.41, 5.74) is 0. The van der Waals surface area contributed by atoms with Gasteiger partial charge in [-0.15, -0.1) is 0 Å². The molecule has 1 aliphatic rings. The van der Waals surface area contributed by atoms with Gasteiger partial charge >= 0.3 is 0 Å². The lowest BCUT2D eigenvalue weighted by atomic mass is 10.1. The molecule has 2 nitrogen and oxygen atoms in total. The SMILES string of the molecule is BN1C(=O)/C(=C\C(C)CC)SC1=S. The summed E-state index contributed by atoms with van der Waals surface area (Å²) in [7, 11) is 1.72. The predicted molar refractivity (Wildman–Crippen MR) is 63.1 cm³/mol. The third-order valence-electron chi connectivity index (χ3n) is 2.07. The molecule has 0 aromatic carbocycles. The van der Waals surface area contributed by atoms with Crippen LogP contribution in [0.15, 0.2) is 11.0 Å². The van der Waals surface area contributed by atoms with Gasteiger partial charge in [0.2, 0.25) is 7.98 Å². The molecule has 1 amide bonds. The van der Waals surface area contributed by atoms with Crippen molar-refractivity contribution < 1.29 is 4.79 Å². The van der Waals surface area contributed by atoms with Gasteiger partial charge in [-0.3, -0.25) is 4.79 Å². The topological polar surface area (TPSA) is 20.3 Å². The number of amides is 1. The molecule has 1 heterocycles. The van der Waals surface area contributed by atoms with E-state index in [1.165, 1.54) is 16.6 Å². The normalized spacial score (nSPS) is 22.9. The average molecular weight is 213 g/mol. The van der Waals surface area contributed by atoms with Crippen LogP contribution in [-0.4, -0.2) is 23.0 Å². The summed E-state index contributed by atoms with van der Waals surface area (Å²) in [5.74, 6) is 0.482. The second-order valence-electron chi connectivity index (χ2n) is 3.15. The Morgan fingerprint density at radius 2 is 2.38 bits per heavy atom. The van der Waals surface area contributed by atoms with E-state index in [9.17, 15) is 4.79 Å². The van der Waals surface area contributed by atoms with Gasteiger partial charge < -0.3 is 4.81 Å². The first-order chi connectivity index (χ1) is 6.06. The fraction of sp³-hybridized carbons (Fsp3) is 0.500. The Hall–Kier alpha value is -0.285. The van der Waals surface area contributed by atoms with Gasteiger partial charge in [0.15, 0.2) is 0 Å². The largest absolute Gasteiger partial charge is 0.346 e. The van der Waals surface area contributed by atoms with Crippen LogP contribution >= 0.6 is 24.0 Å². The molecule has 70 valence electrons. The van der Waals surface area contributed by atoms with Gasteiger partial charge in [-0.05, 0) is 5.92 Å². The Morgan fingerprint density at radius 1 is 1.77 bits per heavy atom. The number of carbonyl (C=O) groups is 1. The molecule has 0 radical (unpaired) electrons. The van der Waals surface area contributed by atoms with Crippen molar-refractivity contribution in [2.24, 2.45) is 5.92 Å². The van der Waals surface area contributed by atoms with Crippen LogP contribution in [0.1, 0.15) is 20.3 Å². The van der Waals surface area contributed by atoms with Gasteiger partial charge in [0.05, 0.1) is 4.91 Å². The molecule has 0 bridgehead atoms. The van der Waals surface area contributed by atoms with Crippen molar-refractivity contribution in [3.8, 4) is 0 Å². The number of nitrogens with zero attached hydrogens (tertiary/aromatic N) is 1. The van der Waals surface area contributed by atoms with Crippen LogP contribution in [0, 0.1) is 5.92 Å². The zero-order valence-corrected chi connectivity index (χ0v) is 9.67. The van der Waals surface area contributed by atoms with Crippen molar-refractivity contribution in [2.45, 2.75) is 20.3 Å². The highest BCUT2D eigenvalue weighted by Gasteiger charge is 2.28. The van der Waals surface area contributed by atoms with Gasteiger partial charge in [0.25, 0.3) is 5.91 Å². The second kappa shape index (κ2) is 4.29. The van der Waals surface area contributed by atoms with E-state index in [2.05, 4.69) is 13.8 Å². The number of allylic oxidation sites excluding steroid dienone is 1. The molecule has 1 unspecified atom stereocenters. The van der Waals surface area contributed by atoms with E-state index in [0.29, 0.717) is 10.2 Å². The van der Waals surface area contributed by atoms with Gasteiger partial charge in [-0.25, -0.2) is 0 Å². The van der Waals surface area contributed by atoms with Crippen LogP contribution in [0.25, 0.3) is 0 Å². The molecule has 1 aliphatic heterocycles. The molecule has 13 heavy (non-hydrogen) atoms. The summed E-state index contributed by atoms with van der Waals surface area (Å²) >= 11 is 6.41. The number of carbonyl (C=O) groups excluding carboxylic acids is 1. The van der Waals surface area contributed by atoms with Crippen molar-refractivity contribution >= 4 is 42.2 Å². The quantitative estimate of drug-likeness (QED) is 0.392. The van der Waals surface area contributed by atoms with E-state index in [1.807, 2.05) is 6.08 Å². The standard InChI is InChI=1S/C8H12BNOS2/c1-3-5(2)4-6-7(11)10(9)8(12)13-6/h4-5H,3,9H2,1-2H3/b6-4+. The zero-order chi connectivity index (χ0) is 10.0. The lowest BCUT2D eigenvalue weighted by Crippen LogP contribution is -2.24. The van der Waals surface area contributed by atoms with E-state index < -0.39 is 0 Å². The lowest BCUT2D eigenvalue weighted by molar-refractivity contribution is -0.119. The van der Waals surface area contributed by atoms with E-state index in [1.54, 1.807) is 7.98 Å². The molecule has 0 saturated carbocycles. The Bertz CT molecular complexity index is 277. The fourth-order valence-electron chi connectivity index (χ4n) is 0.936. The van der Waals surface area contributed by atoms with Gasteiger partial charge in [-0.1, -0.05) is 50.3 Å². The van der Waals surface area contributed by atoms with E-state index in [-0.39, 0.29) is 5.91 Å². The summed E-state index contributed by atoms with van der Waals surface area (Å²) in [6.07, 6.45) is 3.05. The minimum absolute atomic E-state index is 0.0373. The molecule has 0 N–H and O–H groups in total. The first-order valence-corrected chi connectivity index (χ1v) is 5.50. The Kier molecular flexibility index (Phi) is 3.56. The van der Waals surface area contributed by atoms with E-state index in [0.717, 1.165) is 11.3 Å². The Labute approximate surface area is 89.2 Å². The highest BCUT2D eigenvalue weighted by Crippen LogP contribution is 2.30. The first-order valence-electron chi connectivity index (χ1n) is 4.28. The van der Waals surface area contributed by atoms with Crippen molar-refractivity contribution in [1.82, 2.24) is 4.81 Å². The molecule has 1 atom stereocenters. The summed E-state index contributed by atoms with van der Waals surface area (Å²) in [5, 5.41) is 0. The summed E-state index contributed by atoms with van der Waals surface area (Å²) in [6.45, 7) is 4.20. The van der Waals surface area contributed by atoms with Gasteiger partial charge in [0, 0.05) is 0 Å². The van der Waals surface area contributed by atoms with Crippen LogP contribution in [0.3, 0.4) is 0 Å². The van der Waals surface area contributed by atoms with Crippen molar-refractivity contribution in [1.29, 1.82) is 0 Å². The summed E-state index contributed by atoms with van der Waals surface area (Å²) in [4.78, 5) is 13.8.